The van der Waals surface area contributed by atoms with Gasteiger partial charge in [-0.1, -0.05) is 37.1 Å². The lowest BCUT2D eigenvalue weighted by Crippen LogP contribution is -2.40. The van der Waals surface area contributed by atoms with Crippen molar-refractivity contribution in [1.29, 1.82) is 0 Å². The molecule has 1 fully saturated rings. The van der Waals surface area contributed by atoms with E-state index in [0.29, 0.717) is 29.7 Å². The van der Waals surface area contributed by atoms with Gasteiger partial charge in [0.25, 0.3) is 5.91 Å². The predicted octanol–water partition coefficient (Wildman–Crippen LogP) is 4.41. The van der Waals surface area contributed by atoms with Crippen molar-refractivity contribution in [3.8, 4) is 0 Å². The van der Waals surface area contributed by atoms with E-state index < -0.39 is 23.4 Å². The molecule has 6 heteroatoms. The first-order valence-corrected chi connectivity index (χ1v) is 9.71. The summed E-state index contributed by atoms with van der Waals surface area (Å²) in [5, 5.41) is 2.66. The number of hydrogen-bond acceptors (Lipinski definition) is 4. The van der Waals surface area contributed by atoms with Crippen LogP contribution in [0.5, 0.6) is 0 Å². The predicted molar refractivity (Wildman–Crippen MR) is 107 cm³/mol. The summed E-state index contributed by atoms with van der Waals surface area (Å²) in [5.41, 5.74) is 0.607. The highest BCUT2D eigenvalue weighted by molar-refractivity contribution is 6.04. The van der Waals surface area contributed by atoms with Gasteiger partial charge in [0.2, 0.25) is 0 Å². The number of amides is 1. The summed E-state index contributed by atoms with van der Waals surface area (Å²) in [6, 6.07) is 12.5. The third-order valence-corrected chi connectivity index (χ3v) is 5.46. The van der Waals surface area contributed by atoms with Crippen LogP contribution < -0.4 is 5.32 Å². The normalized spacial score (nSPS) is 16.1. The summed E-state index contributed by atoms with van der Waals surface area (Å²) in [6.07, 6.45) is 1.87. The van der Waals surface area contributed by atoms with Crippen LogP contribution in [0.4, 0.5) is 10.1 Å². The Morgan fingerprint density at radius 1 is 1.03 bits per heavy atom. The van der Waals surface area contributed by atoms with Crippen molar-refractivity contribution in [3.63, 3.8) is 0 Å². The van der Waals surface area contributed by atoms with Crippen molar-refractivity contribution < 1.29 is 23.5 Å². The third-order valence-electron chi connectivity index (χ3n) is 5.46. The smallest absolute Gasteiger partial charge is 0.317 e. The maximum atomic E-state index is 13.3. The van der Waals surface area contributed by atoms with Gasteiger partial charge in [-0.3, -0.25) is 14.4 Å². The van der Waals surface area contributed by atoms with Crippen LogP contribution >= 0.6 is 0 Å². The molecule has 5 nitrogen and oxygen atoms in total. The Bertz CT molecular complexity index is 917. The van der Waals surface area contributed by atoms with E-state index in [9.17, 15) is 18.8 Å². The fourth-order valence-electron chi connectivity index (χ4n) is 3.82. The van der Waals surface area contributed by atoms with E-state index in [0.717, 1.165) is 12.8 Å². The van der Waals surface area contributed by atoms with Crippen LogP contribution in [0.1, 0.15) is 55.5 Å². The molecule has 0 aromatic heterocycles. The third kappa shape index (κ3) is 4.36. The van der Waals surface area contributed by atoms with Gasteiger partial charge in [-0.25, -0.2) is 4.39 Å². The number of rotatable bonds is 6. The molecule has 29 heavy (non-hydrogen) atoms. The SMILES string of the molecule is CC(=O)c1ccccc1NC(=O)[C@H](C)OC(=O)C1(c2ccc(F)cc2)CCCC1. The molecule has 1 N–H and O–H groups in total. The van der Waals surface area contributed by atoms with E-state index in [-0.39, 0.29) is 11.6 Å². The molecule has 152 valence electrons. The van der Waals surface area contributed by atoms with Crippen molar-refractivity contribution >= 4 is 23.3 Å². The standard InChI is InChI=1S/C23H24FNO4/c1-15(26)19-7-3-4-8-20(19)25-21(27)16(2)29-22(28)23(13-5-6-14-23)17-9-11-18(24)12-10-17/h3-4,7-12,16H,5-6,13-14H2,1-2H3,(H,25,27)/t16-/m0/s1. The van der Waals surface area contributed by atoms with Crippen LogP contribution in [-0.2, 0) is 19.7 Å². The molecule has 0 unspecified atom stereocenters. The number of hydrogen-bond donors (Lipinski definition) is 1. The van der Waals surface area contributed by atoms with Gasteiger partial charge >= 0.3 is 5.97 Å². The topological polar surface area (TPSA) is 72.5 Å². The first-order chi connectivity index (χ1) is 13.8. The molecule has 2 aromatic rings. The van der Waals surface area contributed by atoms with Gasteiger partial charge in [0, 0.05) is 5.56 Å². The quantitative estimate of drug-likeness (QED) is 0.579. The molecule has 0 aliphatic heterocycles. The second-order valence-electron chi connectivity index (χ2n) is 7.43. The van der Waals surface area contributed by atoms with Gasteiger partial charge in [0.05, 0.1) is 11.1 Å². The lowest BCUT2D eigenvalue weighted by Gasteiger charge is -2.28. The van der Waals surface area contributed by atoms with E-state index in [1.807, 2.05) is 0 Å². The van der Waals surface area contributed by atoms with Gasteiger partial charge < -0.3 is 10.1 Å². The minimum atomic E-state index is -1.04. The van der Waals surface area contributed by atoms with Gasteiger partial charge in [0.15, 0.2) is 11.9 Å². The number of esters is 1. The highest BCUT2D eigenvalue weighted by Gasteiger charge is 2.45. The zero-order valence-corrected chi connectivity index (χ0v) is 16.5. The summed E-state index contributed by atoms with van der Waals surface area (Å²) >= 11 is 0. The Morgan fingerprint density at radius 2 is 1.66 bits per heavy atom. The fraction of sp³-hybridized carbons (Fsp3) is 0.348. The van der Waals surface area contributed by atoms with E-state index in [1.165, 1.54) is 26.0 Å². The fourth-order valence-corrected chi connectivity index (χ4v) is 3.82. The minimum Gasteiger partial charge on any atom is -0.452 e. The Morgan fingerprint density at radius 3 is 2.28 bits per heavy atom. The van der Waals surface area contributed by atoms with Crippen LogP contribution in [0, 0.1) is 5.82 Å². The van der Waals surface area contributed by atoms with Crippen molar-refractivity contribution in [2.75, 3.05) is 5.32 Å². The number of halogens is 1. The number of anilines is 1. The molecule has 0 bridgehead atoms. The van der Waals surface area contributed by atoms with Gasteiger partial charge in [-0.05, 0) is 56.5 Å². The minimum absolute atomic E-state index is 0.174. The van der Waals surface area contributed by atoms with Crippen LogP contribution in [-0.4, -0.2) is 23.8 Å². The number of carbonyl (C=O) groups is 3. The molecular weight excluding hydrogens is 373 g/mol. The monoisotopic (exact) mass is 397 g/mol. The molecule has 1 aliphatic carbocycles. The molecule has 1 aliphatic rings. The number of carbonyl (C=O) groups excluding carboxylic acids is 3. The molecule has 1 atom stereocenters. The van der Waals surface area contributed by atoms with Crippen LogP contribution in [0.3, 0.4) is 0 Å². The number of ketones is 1. The number of ether oxygens (including phenoxy) is 1. The number of Topliss-reactive ketones (excluding diaryl/α,β-unsaturated/α-hetero) is 1. The molecule has 1 saturated carbocycles. The molecule has 0 saturated heterocycles. The Hall–Kier alpha value is -3.02. The summed E-state index contributed by atoms with van der Waals surface area (Å²) < 4.78 is 18.8. The number of nitrogens with one attached hydrogen (secondary N) is 1. The lowest BCUT2D eigenvalue weighted by molar-refractivity contribution is -0.159. The van der Waals surface area contributed by atoms with Gasteiger partial charge in [0.1, 0.15) is 5.82 Å². The zero-order valence-electron chi connectivity index (χ0n) is 16.5. The molecule has 0 radical (unpaired) electrons. The molecular formula is C23H24FNO4. The number of para-hydroxylation sites is 1. The lowest BCUT2D eigenvalue weighted by atomic mass is 9.79. The van der Waals surface area contributed by atoms with Crippen molar-refractivity contribution in [2.45, 2.75) is 51.0 Å². The Kier molecular flexibility index (Phi) is 6.11. The average molecular weight is 397 g/mol. The Labute approximate surface area is 169 Å². The van der Waals surface area contributed by atoms with Gasteiger partial charge in [-0.15, -0.1) is 0 Å². The van der Waals surface area contributed by atoms with E-state index in [1.54, 1.807) is 36.4 Å². The maximum Gasteiger partial charge on any atom is 0.317 e. The van der Waals surface area contributed by atoms with Crippen molar-refractivity contribution in [1.82, 2.24) is 0 Å². The summed E-state index contributed by atoms with van der Waals surface area (Å²) in [4.78, 5) is 37.3. The second kappa shape index (κ2) is 8.55. The molecule has 1 amide bonds. The summed E-state index contributed by atoms with van der Waals surface area (Å²) in [6.45, 7) is 2.91. The summed E-state index contributed by atoms with van der Waals surface area (Å²) in [7, 11) is 0. The number of benzene rings is 2. The first-order valence-electron chi connectivity index (χ1n) is 9.71. The average Bonchev–Trinajstić information content (AvgIpc) is 3.20. The van der Waals surface area contributed by atoms with Crippen LogP contribution in [0.25, 0.3) is 0 Å². The Balaban J connectivity index is 1.74. The highest BCUT2D eigenvalue weighted by Crippen LogP contribution is 2.42. The molecule has 0 spiro atoms. The highest BCUT2D eigenvalue weighted by atomic mass is 19.1. The first kappa shape index (κ1) is 20.7. The molecule has 0 heterocycles. The van der Waals surface area contributed by atoms with Gasteiger partial charge in [-0.2, -0.15) is 0 Å². The van der Waals surface area contributed by atoms with Crippen molar-refractivity contribution in [2.24, 2.45) is 0 Å². The van der Waals surface area contributed by atoms with E-state index in [4.69, 9.17) is 4.74 Å². The maximum absolute atomic E-state index is 13.3. The molecule has 3 rings (SSSR count). The molecule has 2 aromatic carbocycles. The van der Waals surface area contributed by atoms with Crippen molar-refractivity contribution in [3.05, 3.63) is 65.5 Å². The largest absolute Gasteiger partial charge is 0.452 e. The summed E-state index contributed by atoms with van der Waals surface area (Å²) in [5.74, 6) is -1.54. The second-order valence-corrected chi connectivity index (χ2v) is 7.43. The van der Waals surface area contributed by atoms with E-state index >= 15 is 0 Å². The van der Waals surface area contributed by atoms with Crippen LogP contribution in [0.15, 0.2) is 48.5 Å². The van der Waals surface area contributed by atoms with E-state index in [2.05, 4.69) is 5.32 Å². The zero-order chi connectivity index (χ0) is 21.0. The van der Waals surface area contributed by atoms with Crippen LogP contribution in [0.2, 0.25) is 0 Å².